The molecular weight excluding hydrogens is 304 g/mol. The fraction of sp³-hybridized carbons (Fsp3) is 0.562. The molecule has 0 spiro atoms. The second-order valence-electron chi connectivity index (χ2n) is 6.19. The molecule has 2 rings (SSSR count). The van der Waals surface area contributed by atoms with Crippen molar-refractivity contribution in [1.82, 2.24) is 10.6 Å². The van der Waals surface area contributed by atoms with E-state index in [0.29, 0.717) is 12.3 Å². The summed E-state index contributed by atoms with van der Waals surface area (Å²) in [4.78, 5) is 12.2. The van der Waals surface area contributed by atoms with Gasteiger partial charge in [0.05, 0.1) is 12.7 Å². The number of carbonyl (C=O) groups is 1. The molecule has 124 valence electrons. The molecule has 22 heavy (non-hydrogen) atoms. The number of methoxy groups -OCH3 is 1. The minimum atomic E-state index is -0.283. The van der Waals surface area contributed by atoms with Gasteiger partial charge >= 0.3 is 0 Å². The molecule has 1 aromatic rings. The number of ether oxygens (including phenoxy) is 1. The molecule has 3 N–H and O–H groups in total. The fourth-order valence-electron chi connectivity index (χ4n) is 2.73. The van der Waals surface area contributed by atoms with Crippen LogP contribution in [0.4, 0.5) is 0 Å². The average Bonchev–Trinajstić information content (AvgIpc) is 2.46. The first kappa shape index (κ1) is 18.6. The molecule has 1 atom stereocenters. The number of aromatic hydroxyl groups is 1. The van der Waals surface area contributed by atoms with E-state index in [4.69, 9.17) is 4.74 Å². The first-order valence-electron chi connectivity index (χ1n) is 7.32. The van der Waals surface area contributed by atoms with Gasteiger partial charge in [0.25, 0.3) is 5.91 Å². The zero-order valence-electron chi connectivity index (χ0n) is 13.3. The van der Waals surface area contributed by atoms with Crippen LogP contribution in [0.3, 0.4) is 0 Å². The number of benzene rings is 1. The lowest BCUT2D eigenvalue weighted by molar-refractivity contribution is 0.0926. The maximum atomic E-state index is 12.2. The summed E-state index contributed by atoms with van der Waals surface area (Å²) in [6.07, 6.45) is 2.30. The van der Waals surface area contributed by atoms with Crippen molar-refractivity contribution in [3.8, 4) is 11.5 Å². The molecule has 5 nitrogen and oxygen atoms in total. The third-order valence-electron chi connectivity index (χ3n) is 4.25. The number of piperidine rings is 1. The van der Waals surface area contributed by atoms with E-state index in [1.54, 1.807) is 12.1 Å². The fourth-order valence-corrected chi connectivity index (χ4v) is 2.73. The summed E-state index contributed by atoms with van der Waals surface area (Å²) in [5.41, 5.74) is 0.394. The normalized spacial score (nSPS) is 19.9. The molecule has 1 aliphatic heterocycles. The van der Waals surface area contributed by atoms with Crippen LogP contribution in [0.25, 0.3) is 0 Å². The number of phenols is 1. The summed E-state index contributed by atoms with van der Waals surface area (Å²) in [6, 6.07) is 4.88. The predicted octanol–water partition coefficient (Wildman–Crippen LogP) is 2.33. The van der Waals surface area contributed by atoms with Crippen LogP contribution < -0.4 is 15.4 Å². The molecule has 0 bridgehead atoms. The Morgan fingerprint density at radius 1 is 1.50 bits per heavy atom. The van der Waals surface area contributed by atoms with E-state index in [1.807, 2.05) is 0 Å². The molecule has 1 heterocycles. The van der Waals surface area contributed by atoms with E-state index in [2.05, 4.69) is 24.5 Å². The quantitative estimate of drug-likeness (QED) is 0.793. The Bertz CT molecular complexity index is 520. The number of rotatable bonds is 4. The summed E-state index contributed by atoms with van der Waals surface area (Å²) in [7, 11) is 1.53. The summed E-state index contributed by atoms with van der Waals surface area (Å²) >= 11 is 0. The zero-order chi connectivity index (χ0) is 15.5. The van der Waals surface area contributed by atoms with Crippen LogP contribution >= 0.6 is 12.4 Å². The minimum absolute atomic E-state index is 0. The average molecular weight is 329 g/mol. The lowest BCUT2D eigenvalue weighted by Gasteiger charge is -2.39. The molecule has 0 aliphatic carbocycles. The van der Waals surface area contributed by atoms with E-state index >= 15 is 0 Å². The van der Waals surface area contributed by atoms with Crippen molar-refractivity contribution in [2.75, 3.05) is 20.2 Å². The van der Waals surface area contributed by atoms with Gasteiger partial charge in [-0.1, -0.05) is 13.8 Å². The number of hydrogen-bond acceptors (Lipinski definition) is 4. The largest absolute Gasteiger partial charge is 0.507 e. The molecule has 1 aliphatic rings. The number of carbonyl (C=O) groups excluding carboxylic acids is 1. The van der Waals surface area contributed by atoms with Gasteiger partial charge in [-0.2, -0.15) is 0 Å². The lowest BCUT2D eigenvalue weighted by Crippen LogP contribution is -2.52. The van der Waals surface area contributed by atoms with Gasteiger partial charge in [-0.3, -0.25) is 4.79 Å². The number of halogens is 1. The van der Waals surface area contributed by atoms with Crippen LogP contribution in [-0.4, -0.2) is 37.3 Å². The molecule has 1 fully saturated rings. The molecular formula is C16H25ClN2O3. The topological polar surface area (TPSA) is 70.6 Å². The van der Waals surface area contributed by atoms with Crippen molar-refractivity contribution in [3.05, 3.63) is 23.8 Å². The molecule has 1 saturated heterocycles. The third kappa shape index (κ3) is 4.27. The van der Waals surface area contributed by atoms with Gasteiger partial charge in [0.15, 0.2) is 0 Å². The van der Waals surface area contributed by atoms with Gasteiger partial charge in [0.1, 0.15) is 11.5 Å². The summed E-state index contributed by atoms with van der Waals surface area (Å²) in [5.74, 6) is 0.229. The van der Waals surface area contributed by atoms with Crippen molar-refractivity contribution in [3.63, 3.8) is 0 Å². The Balaban J connectivity index is 0.00000242. The van der Waals surface area contributed by atoms with Crippen LogP contribution in [0.1, 0.15) is 37.0 Å². The van der Waals surface area contributed by atoms with E-state index in [1.165, 1.54) is 13.2 Å². The Morgan fingerprint density at radius 2 is 2.23 bits per heavy atom. The highest BCUT2D eigenvalue weighted by atomic mass is 35.5. The summed E-state index contributed by atoms with van der Waals surface area (Å²) in [6.45, 7) is 5.94. The third-order valence-corrected chi connectivity index (χ3v) is 4.25. The molecule has 1 amide bonds. The Labute approximate surface area is 137 Å². The highest BCUT2D eigenvalue weighted by Crippen LogP contribution is 2.30. The van der Waals surface area contributed by atoms with E-state index in [-0.39, 0.29) is 41.1 Å². The smallest absolute Gasteiger partial charge is 0.255 e. The van der Waals surface area contributed by atoms with Gasteiger partial charge in [-0.05, 0) is 43.0 Å². The lowest BCUT2D eigenvalue weighted by atomic mass is 9.77. The summed E-state index contributed by atoms with van der Waals surface area (Å²) in [5, 5.41) is 16.2. The minimum Gasteiger partial charge on any atom is -0.507 e. The van der Waals surface area contributed by atoms with Crippen LogP contribution in [-0.2, 0) is 0 Å². The van der Waals surface area contributed by atoms with Gasteiger partial charge < -0.3 is 20.5 Å². The van der Waals surface area contributed by atoms with Gasteiger partial charge in [-0.25, -0.2) is 0 Å². The molecule has 6 heteroatoms. The van der Waals surface area contributed by atoms with Gasteiger partial charge in [-0.15, -0.1) is 12.4 Å². The molecule has 0 aromatic heterocycles. The Kier molecular flexibility index (Phi) is 6.50. The molecule has 0 saturated carbocycles. The van der Waals surface area contributed by atoms with Crippen LogP contribution in [0.15, 0.2) is 18.2 Å². The standard InChI is InChI=1S/C16H24N2O3.ClH/c1-16(2)7-4-8-17-14(16)10-18-15(20)12-9-11(21-3)5-6-13(12)19;/h5-6,9,14,17,19H,4,7-8,10H2,1-3H3,(H,18,20);1H. The maximum absolute atomic E-state index is 12.2. The summed E-state index contributed by atoms with van der Waals surface area (Å²) < 4.78 is 5.08. The number of nitrogens with one attached hydrogen (secondary N) is 2. The Morgan fingerprint density at radius 3 is 2.86 bits per heavy atom. The van der Waals surface area contributed by atoms with E-state index in [9.17, 15) is 9.90 Å². The highest BCUT2D eigenvalue weighted by molar-refractivity contribution is 5.97. The van der Waals surface area contributed by atoms with E-state index < -0.39 is 0 Å². The monoisotopic (exact) mass is 328 g/mol. The van der Waals surface area contributed by atoms with Crippen molar-refractivity contribution in [2.45, 2.75) is 32.7 Å². The van der Waals surface area contributed by atoms with Crippen LogP contribution in [0, 0.1) is 5.41 Å². The van der Waals surface area contributed by atoms with Gasteiger partial charge in [0.2, 0.25) is 0 Å². The number of hydrogen-bond donors (Lipinski definition) is 3. The molecule has 1 unspecified atom stereocenters. The van der Waals surface area contributed by atoms with Crippen molar-refractivity contribution < 1.29 is 14.6 Å². The van der Waals surface area contributed by atoms with Crippen molar-refractivity contribution in [2.24, 2.45) is 5.41 Å². The maximum Gasteiger partial charge on any atom is 0.255 e. The SMILES string of the molecule is COc1ccc(O)c(C(=O)NCC2NCCCC2(C)C)c1.Cl. The number of phenolic OH excluding ortho intramolecular Hbond substituents is 1. The predicted molar refractivity (Wildman–Crippen MR) is 89.0 cm³/mol. The molecule has 0 radical (unpaired) electrons. The van der Waals surface area contributed by atoms with E-state index in [0.717, 1.165) is 19.4 Å². The van der Waals surface area contributed by atoms with Crippen LogP contribution in [0.5, 0.6) is 11.5 Å². The second-order valence-corrected chi connectivity index (χ2v) is 6.19. The Hall–Kier alpha value is -1.46. The second kappa shape index (κ2) is 7.70. The van der Waals surface area contributed by atoms with Crippen LogP contribution in [0.2, 0.25) is 0 Å². The van der Waals surface area contributed by atoms with Crippen molar-refractivity contribution >= 4 is 18.3 Å². The molecule has 1 aromatic carbocycles. The first-order chi connectivity index (χ1) is 9.94. The first-order valence-corrected chi connectivity index (χ1v) is 7.32. The highest BCUT2D eigenvalue weighted by Gasteiger charge is 2.32. The van der Waals surface area contributed by atoms with Crippen molar-refractivity contribution in [1.29, 1.82) is 0 Å². The number of amides is 1. The zero-order valence-corrected chi connectivity index (χ0v) is 14.1. The van der Waals surface area contributed by atoms with Gasteiger partial charge in [0, 0.05) is 12.6 Å².